The van der Waals surface area contributed by atoms with Gasteiger partial charge in [-0.2, -0.15) is 0 Å². The Balaban J connectivity index is 1.84. The average molecular weight is 469 g/mol. The number of nitrogens with zero attached hydrogens (tertiary/aromatic N) is 2. The number of carboxylic acid groups (broad SMARTS) is 1. The van der Waals surface area contributed by atoms with E-state index >= 15 is 0 Å². The number of nitrogens with one attached hydrogen (secondary N) is 3. The van der Waals surface area contributed by atoms with Crippen LogP contribution in [0.15, 0.2) is 0 Å². The highest BCUT2D eigenvalue weighted by Crippen LogP contribution is 2.19. The summed E-state index contributed by atoms with van der Waals surface area (Å²) in [5.41, 5.74) is 5.24. The molecule has 4 atom stereocenters. The second kappa shape index (κ2) is 11.6. The molecule has 0 bridgehead atoms. The highest BCUT2D eigenvalue weighted by molar-refractivity contribution is 5.95. The van der Waals surface area contributed by atoms with Crippen LogP contribution in [0.5, 0.6) is 0 Å². The van der Waals surface area contributed by atoms with Crippen molar-refractivity contribution >= 4 is 35.5 Å². The van der Waals surface area contributed by atoms with Gasteiger partial charge in [0.2, 0.25) is 29.5 Å². The summed E-state index contributed by atoms with van der Waals surface area (Å²) < 4.78 is 0. The lowest BCUT2D eigenvalue weighted by Crippen LogP contribution is -2.55. The van der Waals surface area contributed by atoms with Gasteiger partial charge in [0.25, 0.3) is 0 Å². The van der Waals surface area contributed by atoms with E-state index < -0.39 is 66.2 Å². The van der Waals surface area contributed by atoms with Crippen LogP contribution in [0.3, 0.4) is 0 Å². The van der Waals surface area contributed by atoms with E-state index in [1.54, 1.807) is 0 Å². The van der Waals surface area contributed by atoms with Crippen LogP contribution in [-0.4, -0.2) is 101 Å². The molecule has 6 N–H and O–H groups in total. The lowest BCUT2D eigenvalue weighted by Gasteiger charge is -2.27. The first-order valence-electron chi connectivity index (χ1n) is 11.0. The Bertz CT molecular complexity index is 804. The van der Waals surface area contributed by atoms with Crippen molar-refractivity contribution in [2.45, 2.75) is 63.7 Å². The summed E-state index contributed by atoms with van der Waals surface area (Å²) in [6.45, 7) is 2.95. The maximum Gasteiger partial charge on any atom is 0.326 e. The number of hydrogen-bond acceptors (Lipinski definition) is 7. The molecular formula is C20H32N6O7. The van der Waals surface area contributed by atoms with Crippen molar-refractivity contribution in [2.75, 3.05) is 26.2 Å². The van der Waals surface area contributed by atoms with Crippen LogP contribution in [0, 0.1) is 0 Å². The van der Waals surface area contributed by atoms with E-state index in [9.17, 15) is 33.9 Å². The lowest BCUT2D eigenvalue weighted by atomic mass is 10.2. The quantitative estimate of drug-likeness (QED) is 0.238. The molecule has 184 valence electrons. The molecule has 13 heteroatoms. The highest BCUT2D eigenvalue weighted by atomic mass is 16.4. The van der Waals surface area contributed by atoms with E-state index in [1.165, 1.54) is 23.6 Å². The van der Waals surface area contributed by atoms with Gasteiger partial charge >= 0.3 is 5.97 Å². The molecule has 2 fully saturated rings. The van der Waals surface area contributed by atoms with Crippen molar-refractivity contribution < 1.29 is 33.9 Å². The van der Waals surface area contributed by atoms with Crippen molar-refractivity contribution in [2.24, 2.45) is 5.73 Å². The summed E-state index contributed by atoms with van der Waals surface area (Å²) >= 11 is 0. The molecule has 2 aliphatic rings. The van der Waals surface area contributed by atoms with Gasteiger partial charge in [0.15, 0.2) is 0 Å². The van der Waals surface area contributed by atoms with E-state index in [0.29, 0.717) is 38.8 Å². The summed E-state index contributed by atoms with van der Waals surface area (Å²) in [6.07, 6.45) is 1.95. The first-order chi connectivity index (χ1) is 15.6. The first-order valence-corrected chi connectivity index (χ1v) is 11.0. The number of amides is 5. The second-order valence-corrected chi connectivity index (χ2v) is 8.22. The molecule has 0 saturated carbocycles. The third-order valence-corrected chi connectivity index (χ3v) is 5.76. The summed E-state index contributed by atoms with van der Waals surface area (Å²) in [5, 5.41) is 16.6. The second-order valence-electron chi connectivity index (χ2n) is 8.22. The normalized spacial score (nSPS) is 21.8. The van der Waals surface area contributed by atoms with Crippen molar-refractivity contribution in [3.63, 3.8) is 0 Å². The fourth-order valence-corrected chi connectivity index (χ4v) is 4.09. The molecule has 33 heavy (non-hydrogen) atoms. The van der Waals surface area contributed by atoms with Gasteiger partial charge in [-0.25, -0.2) is 4.79 Å². The van der Waals surface area contributed by atoms with Crippen LogP contribution >= 0.6 is 0 Å². The highest BCUT2D eigenvalue weighted by Gasteiger charge is 2.37. The van der Waals surface area contributed by atoms with Crippen LogP contribution in [0.4, 0.5) is 0 Å². The van der Waals surface area contributed by atoms with Crippen LogP contribution in [-0.2, 0) is 28.8 Å². The zero-order chi connectivity index (χ0) is 24.7. The van der Waals surface area contributed by atoms with E-state index in [1.807, 2.05) is 0 Å². The third-order valence-electron chi connectivity index (χ3n) is 5.76. The molecule has 2 saturated heterocycles. The predicted octanol–water partition coefficient (Wildman–Crippen LogP) is -2.86. The Morgan fingerprint density at radius 2 is 1.36 bits per heavy atom. The molecule has 0 radical (unpaired) electrons. The fourth-order valence-electron chi connectivity index (χ4n) is 4.09. The monoisotopic (exact) mass is 468 g/mol. The van der Waals surface area contributed by atoms with Crippen molar-refractivity contribution in [3.8, 4) is 0 Å². The molecule has 2 aliphatic heterocycles. The number of hydrogen-bond donors (Lipinski definition) is 5. The smallest absolute Gasteiger partial charge is 0.326 e. The van der Waals surface area contributed by atoms with Crippen molar-refractivity contribution in [1.29, 1.82) is 0 Å². The van der Waals surface area contributed by atoms with Crippen LogP contribution in [0.1, 0.15) is 39.5 Å². The van der Waals surface area contributed by atoms with E-state index in [-0.39, 0.29) is 6.54 Å². The van der Waals surface area contributed by atoms with Gasteiger partial charge in [-0.1, -0.05) is 0 Å². The van der Waals surface area contributed by atoms with Gasteiger partial charge in [-0.3, -0.25) is 24.0 Å². The topological polar surface area (TPSA) is 191 Å². The van der Waals surface area contributed by atoms with E-state index in [4.69, 9.17) is 5.73 Å². The number of carbonyl (C=O) groups is 6. The molecule has 5 amide bonds. The molecular weight excluding hydrogens is 436 g/mol. The third kappa shape index (κ3) is 6.63. The largest absolute Gasteiger partial charge is 0.480 e. The van der Waals surface area contributed by atoms with Crippen molar-refractivity contribution in [1.82, 2.24) is 25.8 Å². The minimum absolute atomic E-state index is 0.258. The maximum absolute atomic E-state index is 12.6. The van der Waals surface area contributed by atoms with Crippen LogP contribution in [0.2, 0.25) is 0 Å². The maximum atomic E-state index is 12.6. The summed E-state index contributed by atoms with van der Waals surface area (Å²) in [4.78, 5) is 75.2. The molecule has 2 rings (SSSR count). The lowest BCUT2D eigenvalue weighted by molar-refractivity contribution is -0.149. The Labute approximate surface area is 191 Å². The van der Waals surface area contributed by atoms with Gasteiger partial charge in [0.1, 0.15) is 24.2 Å². The Kier molecular flexibility index (Phi) is 9.14. The van der Waals surface area contributed by atoms with Gasteiger partial charge in [-0.05, 0) is 39.5 Å². The number of likely N-dealkylation sites (tertiary alicyclic amines) is 2. The molecule has 0 spiro atoms. The van der Waals surface area contributed by atoms with Gasteiger partial charge in [-0.15, -0.1) is 0 Å². The van der Waals surface area contributed by atoms with Crippen LogP contribution in [0.25, 0.3) is 0 Å². The Hall–Kier alpha value is -3.22. The number of rotatable bonds is 9. The standard InChI is InChI=1S/C20H32N6O7/c1-11(23-15(27)9-21)18(30)25-7-3-5-13(25)17(29)22-10-16(28)24-12(2)19(31)26-8-4-6-14(26)20(32)33/h11-14H,3-10,21H2,1-2H3,(H,22,29)(H,23,27)(H,24,28)(H,32,33)/t11-,12-,13-,14-/m0/s1. The zero-order valence-electron chi connectivity index (χ0n) is 18.8. The molecule has 2 heterocycles. The Morgan fingerprint density at radius 1 is 0.879 bits per heavy atom. The summed E-state index contributed by atoms with van der Waals surface area (Å²) in [7, 11) is 0. The van der Waals surface area contributed by atoms with Gasteiger partial charge in [0, 0.05) is 13.1 Å². The van der Waals surface area contributed by atoms with Gasteiger partial charge < -0.3 is 36.6 Å². The number of aliphatic carboxylic acids is 1. The van der Waals surface area contributed by atoms with Crippen LogP contribution < -0.4 is 21.7 Å². The molecule has 0 aromatic carbocycles. The molecule has 13 nitrogen and oxygen atoms in total. The molecule has 0 aromatic heterocycles. The minimum atomic E-state index is -1.08. The first kappa shape index (κ1) is 26.0. The molecule has 0 aliphatic carbocycles. The zero-order valence-corrected chi connectivity index (χ0v) is 18.8. The Morgan fingerprint density at radius 3 is 1.88 bits per heavy atom. The summed E-state index contributed by atoms with van der Waals surface area (Å²) in [6, 6.07) is -3.47. The summed E-state index contributed by atoms with van der Waals surface area (Å²) in [5.74, 6) is -3.62. The minimum Gasteiger partial charge on any atom is -0.480 e. The SMILES string of the molecule is C[C@H](NC(=O)CNC(=O)[C@@H]1CCCN1C(=O)[C@H](C)NC(=O)CN)C(=O)N1CCC[C@H]1C(=O)O. The number of nitrogens with two attached hydrogens (primary N) is 1. The number of carbonyl (C=O) groups excluding carboxylic acids is 5. The van der Waals surface area contributed by atoms with Crippen molar-refractivity contribution in [3.05, 3.63) is 0 Å². The predicted molar refractivity (Wildman–Crippen MR) is 114 cm³/mol. The fraction of sp³-hybridized carbons (Fsp3) is 0.700. The van der Waals surface area contributed by atoms with E-state index in [0.717, 1.165) is 0 Å². The molecule has 0 aromatic rings. The number of carboxylic acids is 1. The van der Waals surface area contributed by atoms with E-state index in [2.05, 4.69) is 16.0 Å². The molecule has 0 unspecified atom stereocenters. The van der Waals surface area contributed by atoms with Gasteiger partial charge in [0.05, 0.1) is 13.1 Å². The average Bonchev–Trinajstić information content (AvgIpc) is 3.46.